The number of nitrogens with zero attached hydrogens (tertiary/aromatic N) is 6. The van der Waals surface area contributed by atoms with E-state index < -0.39 is 47.5 Å². The van der Waals surface area contributed by atoms with Gasteiger partial charge >= 0.3 is 6.03 Å². The molecule has 3 N–H and O–H groups in total. The van der Waals surface area contributed by atoms with Gasteiger partial charge in [0.25, 0.3) is 17.7 Å². The van der Waals surface area contributed by atoms with E-state index in [0.717, 1.165) is 15.8 Å². The second-order valence-corrected chi connectivity index (χ2v) is 17.6. The lowest BCUT2D eigenvalue weighted by Crippen LogP contribution is -2.58. The van der Waals surface area contributed by atoms with Crippen molar-refractivity contribution in [1.82, 2.24) is 30.4 Å². The molecule has 0 spiro atoms. The van der Waals surface area contributed by atoms with Gasteiger partial charge in [-0.05, 0) is 95.9 Å². The number of carbonyl (C=O) groups excluding carboxylic acids is 4. The van der Waals surface area contributed by atoms with Crippen molar-refractivity contribution in [3.8, 4) is 46.7 Å². The summed E-state index contributed by atoms with van der Waals surface area (Å²) in [6.07, 6.45) is 4.52. The minimum atomic E-state index is -1.50. The van der Waals surface area contributed by atoms with Crippen molar-refractivity contribution in [1.29, 1.82) is 0 Å². The Bertz CT molecular complexity index is 3440. The third-order valence-corrected chi connectivity index (χ3v) is 12.4. The molecule has 370 valence electrons. The number of hydrogen-bond acceptors (Lipinski definition) is 12. The molecule has 0 aliphatic carbocycles. The molecule has 74 heavy (non-hydrogen) atoms. The van der Waals surface area contributed by atoms with Crippen LogP contribution in [0.1, 0.15) is 44.1 Å². The van der Waals surface area contributed by atoms with Gasteiger partial charge in [-0.2, -0.15) is 9.78 Å². The fraction of sp³-hybridized carbons (Fsp3) is 0.196. The number of aromatic nitrogens is 4. The van der Waals surface area contributed by atoms with Crippen molar-refractivity contribution in [2.75, 3.05) is 43.7 Å². The largest absolute Gasteiger partial charge is 0.489 e. The number of carbonyl (C=O) groups is 4. The summed E-state index contributed by atoms with van der Waals surface area (Å²) in [6, 6.07) is 31.3. The van der Waals surface area contributed by atoms with Gasteiger partial charge in [0.2, 0.25) is 0 Å². The second kappa shape index (κ2) is 20.8. The van der Waals surface area contributed by atoms with Crippen LogP contribution in [0.3, 0.4) is 0 Å². The van der Waals surface area contributed by atoms with Gasteiger partial charge < -0.3 is 44.5 Å². The molecule has 4 unspecified atom stereocenters. The molecule has 4 aromatic carbocycles. The number of halogens is 1. The molecule has 0 radical (unpaired) electrons. The number of anilines is 2. The summed E-state index contributed by atoms with van der Waals surface area (Å²) < 4.78 is 38.0. The number of amides is 4. The van der Waals surface area contributed by atoms with E-state index in [1.807, 2.05) is 18.2 Å². The molecule has 3 aliphatic rings. The smallest absolute Gasteiger partial charge is 0.342 e. The third kappa shape index (κ3) is 10.8. The summed E-state index contributed by atoms with van der Waals surface area (Å²) >= 11 is 0. The minimum Gasteiger partial charge on any atom is -0.489 e. The average molecular weight is 993 g/mol. The number of ether oxygens (including phenoxy) is 4. The predicted octanol–water partition coefficient (Wildman–Crippen LogP) is 5.45. The Hall–Kier alpha value is -9.36. The van der Waals surface area contributed by atoms with E-state index in [9.17, 15) is 28.7 Å². The van der Waals surface area contributed by atoms with Crippen molar-refractivity contribution in [3.05, 3.63) is 185 Å². The molecule has 4 atom stereocenters. The number of likely N-dealkylation sites (N-methyl/N-ethyl adjacent to an activating group) is 2. The maximum Gasteiger partial charge on any atom is 0.342 e. The van der Waals surface area contributed by atoms with E-state index in [1.165, 1.54) is 40.4 Å². The van der Waals surface area contributed by atoms with Crippen LogP contribution in [0.25, 0.3) is 0 Å². The van der Waals surface area contributed by atoms with Crippen LogP contribution in [0.5, 0.6) is 23.0 Å². The van der Waals surface area contributed by atoms with Gasteiger partial charge in [0.05, 0.1) is 24.2 Å². The number of benzene rings is 4. The minimum absolute atomic E-state index is 0.0240. The second-order valence-electron chi connectivity index (χ2n) is 17.6. The topological polar surface area (TPSA) is 200 Å². The number of nitrogens with one attached hydrogen (secondary N) is 2. The first-order chi connectivity index (χ1) is 35.8. The van der Waals surface area contributed by atoms with Gasteiger partial charge in [0, 0.05) is 62.2 Å². The van der Waals surface area contributed by atoms with Crippen molar-refractivity contribution in [2.24, 2.45) is 0 Å². The van der Waals surface area contributed by atoms with Crippen LogP contribution in [0.2, 0.25) is 0 Å². The average Bonchev–Trinajstić information content (AvgIpc) is 3.81. The van der Waals surface area contributed by atoms with Gasteiger partial charge in [-0.25, -0.2) is 14.2 Å². The van der Waals surface area contributed by atoms with Crippen LogP contribution in [0, 0.1) is 29.5 Å². The van der Waals surface area contributed by atoms with E-state index in [2.05, 4.69) is 44.4 Å². The fourth-order valence-electron chi connectivity index (χ4n) is 8.30. The maximum absolute atomic E-state index is 13.7. The Labute approximate surface area is 423 Å². The molecule has 3 aliphatic heterocycles. The SMILES string of the molecule is CN1C(=O)C(NC(=O)c2cc(Oc3ccccc3)ccn2)COc2ccc(C#Cc3cccc(CC4OCC4(O)C#Cc4ccc5c(c4)N(C)C(=O)C(NC(=O)n4cc(Cc6ccc(F)cc6)cn4)CO5)n3)cc21. The molecule has 17 nitrogen and oxygen atoms in total. The van der Waals surface area contributed by atoms with Gasteiger partial charge in [-0.3, -0.25) is 19.4 Å². The highest BCUT2D eigenvalue weighted by atomic mass is 19.1. The highest BCUT2D eigenvalue weighted by Crippen LogP contribution is 2.34. The van der Waals surface area contributed by atoms with Gasteiger partial charge in [-0.1, -0.05) is 54.2 Å². The molecule has 0 bridgehead atoms. The number of hydrogen-bond donors (Lipinski definition) is 3. The van der Waals surface area contributed by atoms with Crippen molar-refractivity contribution in [3.63, 3.8) is 0 Å². The maximum atomic E-state index is 13.7. The van der Waals surface area contributed by atoms with Crippen molar-refractivity contribution >= 4 is 35.1 Å². The van der Waals surface area contributed by atoms with Crippen molar-refractivity contribution < 1.29 is 47.6 Å². The number of para-hydroxylation sites is 1. The summed E-state index contributed by atoms with van der Waals surface area (Å²) in [5.41, 5.74) is 3.21. The Kier molecular flexibility index (Phi) is 13.6. The molecular formula is C56H45FN8O9. The molecule has 10 rings (SSSR count). The fourth-order valence-corrected chi connectivity index (χ4v) is 8.30. The summed E-state index contributed by atoms with van der Waals surface area (Å²) in [5.74, 6) is 12.3. The van der Waals surface area contributed by atoms with Crippen LogP contribution in [0.15, 0.2) is 140 Å². The molecule has 1 fully saturated rings. The van der Waals surface area contributed by atoms with Gasteiger partial charge in [0.15, 0.2) is 5.60 Å². The van der Waals surface area contributed by atoms with E-state index in [4.69, 9.17) is 23.9 Å². The first-order valence-electron chi connectivity index (χ1n) is 23.4. The van der Waals surface area contributed by atoms with Crippen molar-refractivity contribution in [2.45, 2.75) is 36.6 Å². The van der Waals surface area contributed by atoms with Crippen LogP contribution < -0.4 is 34.6 Å². The first-order valence-corrected chi connectivity index (χ1v) is 23.4. The van der Waals surface area contributed by atoms with Gasteiger partial charge in [-0.15, -0.1) is 0 Å². The van der Waals surface area contributed by atoms with E-state index in [1.54, 1.807) is 105 Å². The molecule has 1 saturated heterocycles. The molecule has 4 amide bonds. The molecule has 0 saturated carbocycles. The highest BCUT2D eigenvalue weighted by molar-refractivity contribution is 6.03. The Balaban J connectivity index is 0.743. The number of pyridine rings is 2. The zero-order valence-electron chi connectivity index (χ0n) is 39.8. The molecule has 18 heteroatoms. The highest BCUT2D eigenvalue weighted by Gasteiger charge is 2.46. The Morgan fingerprint density at radius 2 is 1.47 bits per heavy atom. The van der Waals surface area contributed by atoms with Crippen LogP contribution in [-0.2, 0) is 27.2 Å². The number of fused-ring (bicyclic) bond motifs is 2. The quantitative estimate of drug-likeness (QED) is 0.155. The molecule has 3 aromatic heterocycles. The monoisotopic (exact) mass is 992 g/mol. The number of rotatable bonds is 9. The Morgan fingerprint density at radius 1 is 0.784 bits per heavy atom. The van der Waals surface area contributed by atoms with E-state index in [0.29, 0.717) is 63.3 Å². The summed E-state index contributed by atoms with van der Waals surface area (Å²) in [5, 5.41) is 21.1. The normalized spacial score (nSPS) is 18.7. The van der Waals surface area contributed by atoms with E-state index >= 15 is 0 Å². The van der Waals surface area contributed by atoms with Crippen LogP contribution >= 0.6 is 0 Å². The van der Waals surface area contributed by atoms with E-state index in [-0.39, 0.29) is 37.8 Å². The molecular weight excluding hydrogens is 948 g/mol. The summed E-state index contributed by atoms with van der Waals surface area (Å²) in [4.78, 5) is 65.4. The molecule has 6 heterocycles. The zero-order valence-corrected chi connectivity index (χ0v) is 39.8. The third-order valence-electron chi connectivity index (χ3n) is 12.4. The lowest BCUT2D eigenvalue weighted by molar-refractivity contribution is -0.203. The summed E-state index contributed by atoms with van der Waals surface area (Å²) in [7, 11) is 3.17. The standard InChI is InChI=1S/C56H45FN8O9/c1-63-47-26-36(14-19-49(47)71-32-45(53(63)67)61-52(66)44-29-43(22-24-58-44)74-42-9-4-3-5-10-42)13-18-40-7-6-8-41(60-40)28-51-56(70,34-73-51)23-21-37-15-20-50-48(27-37)64(2)54(68)46(33-72-50)62-55(69)65-31-38(30-59-65)25-35-11-16-39(57)17-12-35/h3-12,14-17,19-20,22,24,26-27,29-31,45-46,51,70H,25,28,32-34H2,1-2H3,(H,61,66)(H,62,69). The van der Waals surface area contributed by atoms with Crippen LogP contribution in [0.4, 0.5) is 20.6 Å². The lowest BCUT2D eigenvalue weighted by Gasteiger charge is -2.41. The zero-order chi connectivity index (χ0) is 51.3. The van der Waals surface area contributed by atoms with Gasteiger partial charge in [0.1, 0.15) is 71.6 Å². The number of aliphatic hydroxyl groups is 1. The molecule has 7 aromatic rings. The predicted molar refractivity (Wildman–Crippen MR) is 267 cm³/mol. The Morgan fingerprint density at radius 3 is 2.16 bits per heavy atom. The van der Waals surface area contributed by atoms with Crippen LogP contribution in [-0.4, -0.2) is 106 Å². The lowest BCUT2D eigenvalue weighted by atomic mass is 9.89. The first kappa shape index (κ1) is 48.3. The summed E-state index contributed by atoms with van der Waals surface area (Å²) in [6.45, 7) is -0.265.